The first kappa shape index (κ1) is 22.7. The van der Waals surface area contributed by atoms with Gasteiger partial charge in [-0.15, -0.1) is 0 Å². The molecule has 2 N–H and O–H groups in total. The summed E-state index contributed by atoms with van der Waals surface area (Å²) in [7, 11) is 7.87. The third-order valence-corrected chi connectivity index (χ3v) is 4.74. The van der Waals surface area contributed by atoms with Gasteiger partial charge in [-0.1, -0.05) is 26.0 Å². The van der Waals surface area contributed by atoms with Crippen molar-refractivity contribution in [2.45, 2.75) is 32.9 Å². The lowest BCUT2D eigenvalue weighted by Crippen LogP contribution is -2.42. The van der Waals surface area contributed by atoms with Crippen molar-refractivity contribution in [3.8, 4) is 5.75 Å². The van der Waals surface area contributed by atoms with Gasteiger partial charge in [0, 0.05) is 32.4 Å². The van der Waals surface area contributed by atoms with Gasteiger partial charge in [-0.3, -0.25) is 9.67 Å². The van der Waals surface area contributed by atoms with Gasteiger partial charge in [0.2, 0.25) is 0 Å². The number of rotatable bonds is 9. The summed E-state index contributed by atoms with van der Waals surface area (Å²) in [5.41, 5.74) is 2.35. The molecule has 7 nitrogen and oxygen atoms in total. The van der Waals surface area contributed by atoms with Crippen LogP contribution in [0.25, 0.3) is 0 Å². The Morgan fingerprint density at radius 3 is 2.38 bits per heavy atom. The van der Waals surface area contributed by atoms with Gasteiger partial charge in [-0.2, -0.15) is 5.10 Å². The van der Waals surface area contributed by atoms with Crippen molar-refractivity contribution < 1.29 is 4.74 Å². The second-order valence-electron chi connectivity index (χ2n) is 8.02. The quantitative estimate of drug-likeness (QED) is 0.500. The number of guanidine groups is 1. The fraction of sp³-hybridized carbons (Fsp3) is 0.545. The monoisotopic (exact) mass is 400 g/mol. The van der Waals surface area contributed by atoms with Crippen LogP contribution in [-0.2, 0) is 7.05 Å². The van der Waals surface area contributed by atoms with E-state index in [2.05, 4.69) is 72.6 Å². The average Bonchev–Trinajstić information content (AvgIpc) is 3.11. The lowest BCUT2D eigenvalue weighted by Gasteiger charge is -2.25. The van der Waals surface area contributed by atoms with Gasteiger partial charge in [0.1, 0.15) is 5.75 Å². The molecule has 0 aliphatic carbocycles. The summed E-state index contributed by atoms with van der Waals surface area (Å²) >= 11 is 0. The molecule has 0 amide bonds. The van der Waals surface area contributed by atoms with Crippen molar-refractivity contribution in [1.29, 1.82) is 0 Å². The highest BCUT2D eigenvalue weighted by molar-refractivity contribution is 5.80. The number of aromatic nitrogens is 2. The van der Waals surface area contributed by atoms with Crippen molar-refractivity contribution in [3.05, 3.63) is 47.8 Å². The van der Waals surface area contributed by atoms with E-state index in [0.717, 1.165) is 24.9 Å². The van der Waals surface area contributed by atoms with Crippen LogP contribution in [0.4, 0.5) is 0 Å². The Balaban J connectivity index is 1.93. The lowest BCUT2D eigenvalue weighted by molar-refractivity contribution is 0.271. The second-order valence-corrected chi connectivity index (χ2v) is 8.02. The van der Waals surface area contributed by atoms with E-state index in [1.165, 1.54) is 11.1 Å². The van der Waals surface area contributed by atoms with Gasteiger partial charge in [0.05, 0.1) is 24.9 Å². The number of nitrogens with zero attached hydrogens (tertiary/aromatic N) is 4. The lowest BCUT2D eigenvalue weighted by atomic mass is 10.1. The third kappa shape index (κ3) is 7.09. The van der Waals surface area contributed by atoms with E-state index in [1.807, 2.05) is 36.3 Å². The molecule has 160 valence electrons. The van der Waals surface area contributed by atoms with Crippen LogP contribution in [0.5, 0.6) is 5.75 Å². The Hall–Kier alpha value is -2.54. The first-order valence-electron chi connectivity index (χ1n) is 10.1. The van der Waals surface area contributed by atoms with Crippen LogP contribution in [0.15, 0.2) is 41.7 Å². The van der Waals surface area contributed by atoms with Gasteiger partial charge in [-0.05, 0) is 44.6 Å². The number of aliphatic imine (C=N–C) groups is 1. The van der Waals surface area contributed by atoms with Crippen LogP contribution in [0.2, 0.25) is 0 Å². The molecule has 2 unspecified atom stereocenters. The van der Waals surface area contributed by atoms with E-state index < -0.39 is 0 Å². The molecule has 0 saturated heterocycles. The van der Waals surface area contributed by atoms with Gasteiger partial charge in [0.25, 0.3) is 0 Å². The maximum absolute atomic E-state index is 5.77. The normalized spacial score (nSPS) is 14.2. The third-order valence-electron chi connectivity index (χ3n) is 4.74. The number of benzene rings is 1. The van der Waals surface area contributed by atoms with Crippen LogP contribution in [0.3, 0.4) is 0 Å². The number of hydrogen-bond acceptors (Lipinski definition) is 4. The van der Waals surface area contributed by atoms with Crippen LogP contribution in [0.1, 0.15) is 44.0 Å². The van der Waals surface area contributed by atoms with Gasteiger partial charge in [0.15, 0.2) is 5.96 Å². The molecule has 2 rings (SSSR count). The first-order chi connectivity index (χ1) is 13.8. The highest BCUT2D eigenvalue weighted by atomic mass is 16.5. The highest BCUT2D eigenvalue weighted by Gasteiger charge is 2.17. The van der Waals surface area contributed by atoms with Crippen LogP contribution < -0.4 is 15.4 Å². The Bertz CT molecular complexity index is 766. The van der Waals surface area contributed by atoms with Crippen molar-refractivity contribution in [3.63, 3.8) is 0 Å². The molecule has 0 radical (unpaired) electrons. The minimum Gasteiger partial charge on any atom is -0.493 e. The zero-order valence-electron chi connectivity index (χ0n) is 18.8. The summed E-state index contributed by atoms with van der Waals surface area (Å²) in [5.74, 6) is 2.19. The fourth-order valence-electron chi connectivity index (χ4n) is 3.00. The van der Waals surface area contributed by atoms with Gasteiger partial charge >= 0.3 is 0 Å². The van der Waals surface area contributed by atoms with E-state index in [-0.39, 0.29) is 12.1 Å². The summed E-state index contributed by atoms with van der Waals surface area (Å²) in [4.78, 5) is 6.56. The number of nitrogens with one attached hydrogen (secondary N) is 2. The topological polar surface area (TPSA) is 66.7 Å². The molecule has 0 aliphatic heterocycles. The van der Waals surface area contributed by atoms with E-state index >= 15 is 0 Å². The van der Waals surface area contributed by atoms with Crippen molar-refractivity contribution in [2.75, 3.05) is 34.3 Å². The molecule has 2 aromatic rings. The fourth-order valence-corrected chi connectivity index (χ4v) is 3.00. The molecule has 2 atom stereocenters. The SMILES string of the molecule is CN=C(NCC(c1cnn(C)c1)N(C)C)NC(C)c1ccc(OCC(C)C)cc1. The summed E-state index contributed by atoms with van der Waals surface area (Å²) in [5, 5.41) is 11.2. The number of likely N-dealkylation sites (N-methyl/N-ethyl adjacent to an activating group) is 1. The summed E-state index contributed by atoms with van der Waals surface area (Å²) in [6.07, 6.45) is 3.96. The van der Waals surface area contributed by atoms with E-state index in [0.29, 0.717) is 5.92 Å². The molecule has 0 bridgehead atoms. The van der Waals surface area contributed by atoms with Crippen LogP contribution in [0, 0.1) is 5.92 Å². The first-order valence-corrected chi connectivity index (χ1v) is 10.1. The Morgan fingerprint density at radius 2 is 1.86 bits per heavy atom. The summed E-state index contributed by atoms with van der Waals surface area (Å²) in [6.45, 7) is 7.88. The van der Waals surface area contributed by atoms with Gasteiger partial charge < -0.3 is 20.3 Å². The molecule has 1 heterocycles. The zero-order valence-corrected chi connectivity index (χ0v) is 18.8. The molecule has 1 aromatic heterocycles. The van der Waals surface area contributed by atoms with E-state index in [1.54, 1.807) is 7.05 Å². The maximum Gasteiger partial charge on any atom is 0.191 e. The van der Waals surface area contributed by atoms with E-state index in [9.17, 15) is 0 Å². The van der Waals surface area contributed by atoms with Gasteiger partial charge in [-0.25, -0.2) is 0 Å². The zero-order chi connectivity index (χ0) is 21.4. The maximum atomic E-state index is 5.77. The number of hydrogen-bond donors (Lipinski definition) is 2. The number of aryl methyl sites for hydroxylation is 1. The summed E-state index contributed by atoms with van der Waals surface area (Å²) < 4.78 is 7.60. The molecule has 7 heteroatoms. The predicted molar refractivity (Wildman–Crippen MR) is 119 cm³/mol. The second kappa shape index (κ2) is 10.9. The van der Waals surface area contributed by atoms with Crippen LogP contribution >= 0.6 is 0 Å². The molecular formula is C22H36N6O. The van der Waals surface area contributed by atoms with Crippen LogP contribution in [-0.4, -0.2) is 54.9 Å². The Kier molecular flexibility index (Phi) is 8.51. The average molecular weight is 401 g/mol. The molecule has 0 aliphatic rings. The standard InChI is InChI=1S/C22H36N6O/c1-16(2)15-29-20-10-8-18(9-11-20)17(3)26-22(23-4)24-13-21(27(5)6)19-12-25-28(7)14-19/h8-12,14,16-17,21H,13,15H2,1-7H3,(H2,23,24,26). The molecule has 0 saturated carbocycles. The van der Waals surface area contributed by atoms with Crippen molar-refractivity contribution >= 4 is 5.96 Å². The largest absolute Gasteiger partial charge is 0.493 e. The van der Waals surface area contributed by atoms with E-state index in [4.69, 9.17) is 4.74 Å². The highest BCUT2D eigenvalue weighted by Crippen LogP contribution is 2.19. The summed E-state index contributed by atoms with van der Waals surface area (Å²) in [6, 6.07) is 8.57. The Morgan fingerprint density at radius 1 is 1.17 bits per heavy atom. The van der Waals surface area contributed by atoms with Crippen molar-refractivity contribution in [2.24, 2.45) is 18.0 Å². The Labute approximate surface area is 175 Å². The molecule has 0 fully saturated rings. The minimum absolute atomic E-state index is 0.122. The molecular weight excluding hydrogens is 364 g/mol. The molecule has 29 heavy (non-hydrogen) atoms. The smallest absolute Gasteiger partial charge is 0.191 e. The minimum atomic E-state index is 0.122. The number of ether oxygens (including phenoxy) is 1. The molecule has 0 spiro atoms. The molecule has 1 aromatic carbocycles. The predicted octanol–water partition coefficient (Wildman–Crippen LogP) is 2.98. The van der Waals surface area contributed by atoms with Crippen molar-refractivity contribution in [1.82, 2.24) is 25.3 Å².